The second-order valence-corrected chi connectivity index (χ2v) is 3.99. The number of hydrogen-bond acceptors (Lipinski definition) is 2. The summed E-state index contributed by atoms with van der Waals surface area (Å²) >= 11 is 0. The third-order valence-electron chi connectivity index (χ3n) is 2.58. The minimum atomic E-state index is 0.0178. The lowest BCUT2D eigenvalue weighted by Crippen LogP contribution is -1.91. The fourth-order valence-corrected chi connectivity index (χ4v) is 1.72. The Kier molecular flexibility index (Phi) is 2.93. The van der Waals surface area contributed by atoms with Crippen LogP contribution in [0.3, 0.4) is 0 Å². The first-order valence-electron chi connectivity index (χ1n) is 5.26. The van der Waals surface area contributed by atoms with Crippen LogP contribution >= 0.6 is 0 Å². The smallest absolute Gasteiger partial charge is 0.0682 e. The van der Waals surface area contributed by atoms with Gasteiger partial charge in [-0.25, -0.2) is 0 Å². The zero-order valence-corrected chi connectivity index (χ0v) is 9.27. The molecule has 82 valence electrons. The van der Waals surface area contributed by atoms with E-state index in [0.717, 1.165) is 16.7 Å². The molecule has 0 aliphatic rings. The van der Waals surface area contributed by atoms with Gasteiger partial charge in [-0.2, -0.15) is 0 Å². The van der Waals surface area contributed by atoms with Crippen LogP contribution in [0.15, 0.2) is 42.5 Å². The molecule has 0 aliphatic carbocycles. The third kappa shape index (κ3) is 2.23. The summed E-state index contributed by atoms with van der Waals surface area (Å²) in [5, 5.41) is 9.12. The summed E-state index contributed by atoms with van der Waals surface area (Å²) in [5.41, 5.74) is 10.7. The van der Waals surface area contributed by atoms with Gasteiger partial charge in [0.2, 0.25) is 0 Å². The van der Waals surface area contributed by atoms with Crippen molar-refractivity contribution in [1.29, 1.82) is 0 Å². The Labute approximate surface area is 95.4 Å². The highest BCUT2D eigenvalue weighted by Gasteiger charge is 2.01. The summed E-state index contributed by atoms with van der Waals surface area (Å²) in [7, 11) is 0. The summed E-state index contributed by atoms with van der Waals surface area (Å²) in [4.78, 5) is 0. The number of rotatable bonds is 2. The van der Waals surface area contributed by atoms with E-state index in [9.17, 15) is 0 Å². The summed E-state index contributed by atoms with van der Waals surface area (Å²) in [6, 6.07) is 13.9. The predicted molar refractivity (Wildman–Crippen MR) is 67.0 cm³/mol. The summed E-state index contributed by atoms with van der Waals surface area (Å²) in [6.45, 7) is 2.08. The maximum atomic E-state index is 9.12. The topological polar surface area (TPSA) is 46.2 Å². The number of nitrogens with two attached hydrogens (primary N) is 1. The van der Waals surface area contributed by atoms with Crippen LogP contribution in [0.1, 0.15) is 11.1 Å². The van der Waals surface area contributed by atoms with Crippen molar-refractivity contribution in [3.8, 4) is 11.1 Å². The van der Waals surface area contributed by atoms with Crippen LogP contribution in [0.2, 0.25) is 0 Å². The SMILES string of the molecule is Cc1ccc(-c2cc(N)cc(CO)c2)cc1. The van der Waals surface area contributed by atoms with Gasteiger partial charge in [-0.05, 0) is 41.8 Å². The van der Waals surface area contributed by atoms with Crippen molar-refractivity contribution >= 4 is 5.69 Å². The van der Waals surface area contributed by atoms with Crippen LogP contribution in [0, 0.1) is 6.92 Å². The van der Waals surface area contributed by atoms with E-state index < -0.39 is 0 Å². The van der Waals surface area contributed by atoms with E-state index in [2.05, 4.69) is 31.2 Å². The monoisotopic (exact) mass is 213 g/mol. The Morgan fingerprint density at radius 3 is 2.31 bits per heavy atom. The van der Waals surface area contributed by atoms with E-state index in [0.29, 0.717) is 5.69 Å². The molecule has 3 N–H and O–H groups in total. The van der Waals surface area contributed by atoms with Gasteiger partial charge in [0.15, 0.2) is 0 Å². The van der Waals surface area contributed by atoms with E-state index in [1.165, 1.54) is 5.56 Å². The molecule has 2 rings (SSSR count). The van der Waals surface area contributed by atoms with Gasteiger partial charge < -0.3 is 10.8 Å². The molecule has 0 saturated heterocycles. The number of benzene rings is 2. The molecule has 0 radical (unpaired) electrons. The highest BCUT2D eigenvalue weighted by molar-refractivity contribution is 5.68. The number of anilines is 1. The van der Waals surface area contributed by atoms with E-state index in [1.807, 2.05) is 12.1 Å². The van der Waals surface area contributed by atoms with Crippen molar-refractivity contribution in [1.82, 2.24) is 0 Å². The highest BCUT2D eigenvalue weighted by Crippen LogP contribution is 2.23. The highest BCUT2D eigenvalue weighted by atomic mass is 16.3. The van der Waals surface area contributed by atoms with Crippen LogP contribution in [-0.4, -0.2) is 5.11 Å². The second kappa shape index (κ2) is 4.37. The van der Waals surface area contributed by atoms with Gasteiger partial charge in [-0.15, -0.1) is 0 Å². The van der Waals surface area contributed by atoms with Crippen molar-refractivity contribution in [3.63, 3.8) is 0 Å². The van der Waals surface area contributed by atoms with Crippen molar-refractivity contribution in [2.75, 3.05) is 5.73 Å². The van der Waals surface area contributed by atoms with E-state index in [4.69, 9.17) is 10.8 Å². The molecule has 0 amide bonds. The second-order valence-electron chi connectivity index (χ2n) is 3.99. The number of hydrogen-bond donors (Lipinski definition) is 2. The van der Waals surface area contributed by atoms with Crippen LogP contribution < -0.4 is 5.73 Å². The summed E-state index contributed by atoms with van der Waals surface area (Å²) in [6.07, 6.45) is 0. The molecule has 0 unspecified atom stereocenters. The first-order valence-corrected chi connectivity index (χ1v) is 5.26. The number of aryl methyl sites for hydroxylation is 1. The Balaban J connectivity index is 2.47. The molecule has 2 nitrogen and oxygen atoms in total. The molecule has 0 atom stereocenters. The number of aliphatic hydroxyl groups excluding tert-OH is 1. The van der Waals surface area contributed by atoms with Gasteiger partial charge in [-0.1, -0.05) is 29.8 Å². The third-order valence-corrected chi connectivity index (χ3v) is 2.58. The molecule has 0 bridgehead atoms. The van der Waals surface area contributed by atoms with Gasteiger partial charge in [0.05, 0.1) is 6.61 Å². The average molecular weight is 213 g/mol. The van der Waals surface area contributed by atoms with Crippen molar-refractivity contribution < 1.29 is 5.11 Å². The maximum absolute atomic E-state index is 9.12. The first kappa shape index (κ1) is 10.7. The van der Waals surface area contributed by atoms with Gasteiger partial charge in [0.25, 0.3) is 0 Å². The molecule has 0 heterocycles. The van der Waals surface area contributed by atoms with E-state index in [1.54, 1.807) is 6.07 Å². The molecule has 0 saturated carbocycles. The minimum Gasteiger partial charge on any atom is -0.399 e. The van der Waals surface area contributed by atoms with E-state index in [-0.39, 0.29) is 6.61 Å². The molecule has 2 aromatic rings. The molecular weight excluding hydrogens is 198 g/mol. The first-order chi connectivity index (χ1) is 7.69. The Hall–Kier alpha value is -1.80. The molecular formula is C14H15NO. The molecule has 0 spiro atoms. The fraction of sp³-hybridized carbons (Fsp3) is 0.143. The Morgan fingerprint density at radius 2 is 1.69 bits per heavy atom. The lowest BCUT2D eigenvalue weighted by Gasteiger charge is -2.06. The van der Waals surface area contributed by atoms with Gasteiger partial charge >= 0.3 is 0 Å². The Bertz CT molecular complexity index is 489. The van der Waals surface area contributed by atoms with Crippen LogP contribution in [0.25, 0.3) is 11.1 Å². The maximum Gasteiger partial charge on any atom is 0.0682 e. The van der Waals surface area contributed by atoms with Crippen LogP contribution in [0.5, 0.6) is 0 Å². The van der Waals surface area contributed by atoms with Crippen LogP contribution in [0.4, 0.5) is 5.69 Å². The molecule has 16 heavy (non-hydrogen) atoms. The zero-order chi connectivity index (χ0) is 11.5. The Morgan fingerprint density at radius 1 is 1.00 bits per heavy atom. The molecule has 0 fully saturated rings. The van der Waals surface area contributed by atoms with Crippen molar-refractivity contribution in [3.05, 3.63) is 53.6 Å². The summed E-state index contributed by atoms with van der Waals surface area (Å²) in [5.74, 6) is 0. The zero-order valence-electron chi connectivity index (χ0n) is 9.27. The van der Waals surface area contributed by atoms with Crippen molar-refractivity contribution in [2.24, 2.45) is 0 Å². The van der Waals surface area contributed by atoms with E-state index >= 15 is 0 Å². The average Bonchev–Trinajstić information content (AvgIpc) is 2.29. The van der Waals surface area contributed by atoms with Gasteiger partial charge in [0, 0.05) is 5.69 Å². The molecule has 0 aliphatic heterocycles. The van der Waals surface area contributed by atoms with Gasteiger partial charge in [-0.3, -0.25) is 0 Å². The number of aliphatic hydroxyl groups is 1. The summed E-state index contributed by atoms with van der Waals surface area (Å²) < 4.78 is 0. The molecule has 0 aromatic heterocycles. The minimum absolute atomic E-state index is 0.0178. The predicted octanol–water partition coefficient (Wildman–Crippen LogP) is 2.74. The quantitative estimate of drug-likeness (QED) is 0.753. The van der Waals surface area contributed by atoms with Gasteiger partial charge in [0.1, 0.15) is 0 Å². The largest absolute Gasteiger partial charge is 0.399 e. The van der Waals surface area contributed by atoms with Crippen molar-refractivity contribution in [2.45, 2.75) is 13.5 Å². The lowest BCUT2D eigenvalue weighted by atomic mass is 10.0. The normalized spacial score (nSPS) is 10.4. The fourth-order valence-electron chi connectivity index (χ4n) is 1.72. The van der Waals surface area contributed by atoms with Crippen LogP contribution in [-0.2, 0) is 6.61 Å². The molecule has 2 heteroatoms. The molecule has 2 aromatic carbocycles. The number of nitrogen functional groups attached to an aromatic ring is 1. The standard InChI is InChI=1S/C14H15NO/c1-10-2-4-12(5-3-10)13-6-11(9-16)7-14(15)8-13/h2-8,16H,9,15H2,1H3. The lowest BCUT2D eigenvalue weighted by molar-refractivity contribution is 0.282.